The molecule has 3 heterocycles. The molecule has 0 atom stereocenters. The zero-order valence-electron chi connectivity index (χ0n) is 29.3. The molecule has 13 nitrogen and oxygen atoms in total. The summed E-state index contributed by atoms with van der Waals surface area (Å²) >= 11 is 0. The van der Waals surface area contributed by atoms with Gasteiger partial charge in [-0.1, -0.05) is 12.1 Å². The summed E-state index contributed by atoms with van der Waals surface area (Å²) in [6.45, 7) is 5.94. The summed E-state index contributed by atoms with van der Waals surface area (Å²) in [6.07, 6.45) is 7.25. The Morgan fingerprint density at radius 1 is 1.04 bits per heavy atom. The second kappa shape index (κ2) is 15.8. The van der Waals surface area contributed by atoms with Crippen molar-refractivity contribution in [3.05, 3.63) is 95.7 Å². The van der Waals surface area contributed by atoms with Gasteiger partial charge >= 0.3 is 0 Å². The lowest BCUT2D eigenvalue weighted by Crippen LogP contribution is -2.44. The van der Waals surface area contributed by atoms with Crippen molar-refractivity contribution in [1.82, 2.24) is 29.3 Å². The maximum Gasteiger partial charge on any atom is 0.259 e. The van der Waals surface area contributed by atoms with Gasteiger partial charge in [-0.05, 0) is 81.3 Å². The molecule has 1 fully saturated rings. The molecule has 0 saturated carbocycles. The molecule has 3 aromatic carbocycles. The normalized spacial score (nSPS) is 13.1. The number of methoxy groups -OCH3 is 1. The number of para-hydroxylation sites is 1. The molecule has 13 heteroatoms. The van der Waals surface area contributed by atoms with E-state index >= 15 is 0 Å². The van der Waals surface area contributed by atoms with Crippen molar-refractivity contribution in [2.45, 2.75) is 26.2 Å². The number of anilines is 2. The number of allylic oxidation sites excluding steroid dienone is 1. The van der Waals surface area contributed by atoms with Crippen molar-refractivity contribution < 1.29 is 23.9 Å². The first-order valence-corrected chi connectivity index (χ1v) is 16.9. The summed E-state index contributed by atoms with van der Waals surface area (Å²) in [5.41, 5.74) is 4.79. The highest BCUT2D eigenvalue weighted by molar-refractivity contribution is 6.11. The molecule has 1 aliphatic rings. The van der Waals surface area contributed by atoms with Crippen LogP contribution in [0.5, 0.6) is 11.5 Å². The third kappa shape index (κ3) is 7.95. The molecule has 0 spiro atoms. The third-order valence-corrected chi connectivity index (χ3v) is 9.04. The molecule has 51 heavy (non-hydrogen) atoms. The number of nitrogens with one attached hydrogen (secondary N) is 2. The number of aryl methyl sites for hydroxylation is 1. The van der Waals surface area contributed by atoms with Crippen LogP contribution in [-0.4, -0.2) is 101 Å². The molecule has 0 bridgehead atoms. The van der Waals surface area contributed by atoms with Gasteiger partial charge in [-0.25, -0.2) is 14.8 Å². The molecule has 2 aromatic heterocycles. The number of carbonyl (C=O) groups is 2. The van der Waals surface area contributed by atoms with Crippen LogP contribution in [0.15, 0.2) is 79.0 Å². The number of ether oxygens (including phenoxy) is 2. The first-order chi connectivity index (χ1) is 24.7. The number of H-pyrrole nitrogens is 1. The van der Waals surface area contributed by atoms with Crippen LogP contribution in [0.1, 0.15) is 45.5 Å². The summed E-state index contributed by atoms with van der Waals surface area (Å²) in [4.78, 5) is 56.8. The van der Waals surface area contributed by atoms with Crippen molar-refractivity contribution in [3.8, 4) is 17.4 Å². The standard InChI is InChI=1S/C38H42N8O5/c1-26-11-14-32(34(22-26)51-21-6-5-8-28(24-47)45-19-17-43(2)18-20-45)44(3)37(49)27-12-13-29(33(23-27)50-4)36(48)40-30-9-7-10-31-35(30)42-38(41-31)46-16-15-39-25-46/h7,9-16,22-23,25H,5-6,8,17-21H2,1-4H3,(H,40,48)(H,41,42). The summed E-state index contributed by atoms with van der Waals surface area (Å²) in [7, 11) is 5.23. The van der Waals surface area contributed by atoms with Gasteiger partial charge in [0.15, 0.2) is 0 Å². The van der Waals surface area contributed by atoms with E-state index in [1.54, 1.807) is 54.6 Å². The van der Waals surface area contributed by atoms with Crippen LogP contribution in [-0.2, 0) is 4.79 Å². The number of likely N-dealkylation sites (N-methyl/N-ethyl adjacent to an activating group) is 1. The first kappa shape index (κ1) is 34.9. The average Bonchev–Trinajstić information content (AvgIpc) is 3.84. The maximum absolute atomic E-state index is 13.8. The minimum atomic E-state index is -0.410. The lowest BCUT2D eigenvalue weighted by Gasteiger charge is -2.34. The first-order valence-electron chi connectivity index (χ1n) is 16.9. The number of imidazole rings is 2. The van der Waals surface area contributed by atoms with Crippen molar-refractivity contribution >= 4 is 40.2 Å². The van der Waals surface area contributed by atoms with E-state index in [-0.39, 0.29) is 17.2 Å². The van der Waals surface area contributed by atoms with Crippen molar-refractivity contribution in [1.29, 1.82) is 0 Å². The van der Waals surface area contributed by atoms with E-state index in [4.69, 9.17) is 9.47 Å². The largest absolute Gasteiger partial charge is 0.496 e. The Morgan fingerprint density at radius 2 is 1.86 bits per heavy atom. The highest BCUT2D eigenvalue weighted by atomic mass is 16.5. The molecule has 264 valence electrons. The number of benzene rings is 3. The monoisotopic (exact) mass is 690 g/mol. The Labute approximate surface area is 296 Å². The quantitative estimate of drug-likeness (QED) is 0.128. The van der Waals surface area contributed by atoms with Gasteiger partial charge in [0.25, 0.3) is 11.8 Å². The molecule has 0 unspecified atom stereocenters. The molecule has 0 radical (unpaired) electrons. The van der Waals surface area contributed by atoms with Gasteiger partial charge in [-0.2, -0.15) is 0 Å². The molecule has 6 rings (SSSR count). The van der Waals surface area contributed by atoms with Crippen LogP contribution in [0.25, 0.3) is 17.0 Å². The number of unbranched alkanes of at least 4 members (excludes halogenated alkanes) is 1. The van der Waals surface area contributed by atoms with E-state index in [9.17, 15) is 14.4 Å². The number of rotatable bonds is 13. The fourth-order valence-corrected chi connectivity index (χ4v) is 6.07. The van der Waals surface area contributed by atoms with Crippen LogP contribution >= 0.6 is 0 Å². The van der Waals surface area contributed by atoms with E-state index in [0.717, 1.165) is 55.8 Å². The Hall–Kier alpha value is -5.91. The number of carbonyl (C=O) groups excluding carboxylic acids is 3. The zero-order chi connectivity index (χ0) is 35.9. The second-order valence-electron chi connectivity index (χ2n) is 12.6. The predicted molar refractivity (Wildman–Crippen MR) is 196 cm³/mol. The third-order valence-electron chi connectivity index (χ3n) is 9.04. The average molecular weight is 691 g/mol. The van der Waals surface area contributed by atoms with E-state index in [0.29, 0.717) is 47.2 Å². The topological polar surface area (TPSA) is 138 Å². The minimum absolute atomic E-state index is 0.251. The fraction of sp³-hybridized carbons (Fsp3) is 0.316. The highest BCUT2D eigenvalue weighted by Crippen LogP contribution is 2.32. The van der Waals surface area contributed by atoms with Gasteiger partial charge in [0, 0.05) is 51.2 Å². The van der Waals surface area contributed by atoms with Gasteiger partial charge in [0.1, 0.15) is 29.3 Å². The number of hydrogen-bond donors (Lipinski definition) is 2. The van der Waals surface area contributed by atoms with E-state index in [1.807, 2.05) is 37.3 Å². The zero-order valence-corrected chi connectivity index (χ0v) is 29.3. The second-order valence-corrected chi connectivity index (χ2v) is 12.6. The van der Waals surface area contributed by atoms with Crippen molar-refractivity contribution in [2.75, 3.05) is 64.2 Å². The Bertz CT molecular complexity index is 2060. The molecule has 5 aromatic rings. The van der Waals surface area contributed by atoms with E-state index < -0.39 is 5.91 Å². The molecule has 0 aliphatic carbocycles. The highest BCUT2D eigenvalue weighted by Gasteiger charge is 2.22. The Balaban J connectivity index is 1.10. The minimum Gasteiger partial charge on any atom is -0.496 e. The summed E-state index contributed by atoms with van der Waals surface area (Å²) in [6, 6.07) is 15.9. The lowest BCUT2D eigenvalue weighted by atomic mass is 10.1. The van der Waals surface area contributed by atoms with Crippen LogP contribution in [0.2, 0.25) is 0 Å². The van der Waals surface area contributed by atoms with Gasteiger partial charge in [0.05, 0.1) is 41.9 Å². The number of amides is 2. The van der Waals surface area contributed by atoms with Gasteiger partial charge in [-0.15, -0.1) is 0 Å². The number of hydrogen-bond acceptors (Lipinski definition) is 9. The van der Waals surface area contributed by atoms with Gasteiger partial charge in [-0.3, -0.25) is 14.2 Å². The lowest BCUT2D eigenvalue weighted by molar-refractivity contribution is 0.0987. The Kier molecular flexibility index (Phi) is 10.8. The fourth-order valence-electron chi connectivity index (χ4n) is 6.07. The number of nitrogens with zero attached hydrogens (tertiary/aromatic N) is 6. The molecule has 2 amide bonds. The number of aromatic amines is 1. The molecular formula is C38H42N8O5. The van der Waals surface area contributed by atoms with Crippen molar-refractivity contribution in [3.63, 3.8) is 0 Å². The number of piperazine rings is 1. The number of aromatic nitrogens is 4. The Morgan fingerprint density at radius 3 is 2.61 bits per heavy atom. The van der Waals surface area contributed by atoms with Crippen LogP contribution < -0.4 is 19.7 Å². The molecule has 2 N–H and O–H groups in total. The van der Waals surface area contributed by atoms with Crippen molar-refractivity contribution in [2.24, 2.45) is 0 Å². The smallest absolute Gasteiger partial charge is 0.259 e. The van der Waals surface area contributed by atoms with E-state index in [1.165, 1.54) is 12.0 Å². The van der Waals surface area contributed by atoms with Gasteiger partial charge < -0.3 is 34.5 Å². The predicted octanol–water partition coefficient (Wildman–Crippen LogP) is 5.11. The van der Waals surface area contributed by atoms with Crippen LogP contribution in [0.4, 0.5) is 11.4 Å². The van der Waals surface area contributed by atoms with Crippen LogP contribution in [0, 0.1) is 6.92 Å². The van der Waals surface area contributed by atoms with Crippen LogP contribution in [0.3, 0.4) is 0 Å². The summed E-state index contributed by atoms with van der Waals surface area (Å²) in [5.74, 6) is 2.84. The summed E-state index contributed by atoms with van der Waals surface area (Å²) < 4.78 is 13.5. The molecule has 1 aliphatic heterocycles. The van der Waals surface area contributed by atoms with E-state index in [2.05, 4.69) is 43.1 Å². The summed E-state index contributed by atoms with van der Waals surface area (Å²) in [5, 5.41) is 2.94. The SMILES string of the molecule is COc1cc(C(=O)N(C)c2ccc(C)cc2OCCCCC(=C=O)N2CCN(C)CC2)ccc1C(=O)Nc1cccc2[nH]c(-n3ccnc3)nc12. The van der Waals surface area contributed by atoms with Gasteiger partial charge in [0.2, 0.25) is 5.95 Å². The molecule has 1 saturated heterocycles. The number of fused-ring (bicyclic) bond motifs is 1. The maximum atomic E-state index is 13.8. The molecular weight excluding hydrogens is 648 g/mol.